The Morgan fingerprint density at radius 2 is 1.90 bits per heavy atom. The fourth-order valence-corrected chi connectivity index (χ4v) is 3.92. The van der Waals surface area contributed by atoms with Crippen LogP contribution in [0.3, 0.4) is 0 Å². The van der Waals surface area contributed by atoms with E-state index in [0.29, 0.717) is 25.6 Å². The van der Waals surface area contributed by atoms with Crippen molar-refractivity contribution in [3.05, 3.63) is 6.20 Å². The van der Waals surface area contributed by atoms with Gasteiger partial charge in [-0.1, -0.05) is 40.5 Å². The Balaban J connectivity index is 3.06. The van der Waals surface area contributed by atoms with E-state index in [1.165, 1.54) is 4.31 Å². The van der Waals surface area contributed by atoms with Crippen molar-refractivity contribution >= 4 is 15.8 Å². The Kier molecular flexibility index (Phi) is 6.67. The van der Waals surface area contributed by atoms with Gasteiger partial charge in [0.15, 0.2) is 5.82 Å². The molecule has 0 aliphatic carbocycles. The number of nitrogens with two attached hydrogens (primary N) is 1. The normalized spacial score (nSPS) is 12.5. The van der Waals surface area contributed by atoms with Crippen LogP contribution in [0.4, 0.5) is 5.82 Å². The SMILES string of the molecule is CCCn1cc(S(=O)(=O)N(CC)CC(CC)CC)c(N)n1. The van der Waals surface area contributed by atoms with Crippen molar-refractivity contribution in [2.45, 2.75) is 58.4 Å². The minimum atomic E-state index is -3.57. The third-order valence-electron chi connectivity index (χ3n) is 3.79. The lowest BCUT2D eigenvalue weighted by Gasteiger charge is -2.24. The van der Waals surface area contributed by atoms with Crippen LogP contribution in [-0.2, 0) is 16.6 Å². The summed E-state index contributed by atoms with van der Waals surface area (Å²) in [7, 11) is -3.57. The molecular weight excluding hydrogens is 288 g/mol. The molecule has 1 aromatic heterocycles. The van der Waals surface area contributed by atoms with E-state index in [4.69, 9.17) is 5.73 Å². The Morgan fingerprint density at radius 3 is 2.38 bits per heavy atom. The van der Waals surface area contributed by atoms with Crippen molar-refractivity contribution in [3.8, 4) is 0 Å². The molecule has 0 aromatic carbocycles. The first kappa shape index (κ1) is 18.0. The lowest BCUT2D eigenvalue weighted by atomic mass is 10.0. The van der Waals surface area contributed by atoms with Crippen LogP contribution in [0.5, 0.6) is 0 Å². The fraction of sp³-hybridized carbons (Fsp3) is 0.786. The van der Waals surface area contributed by atoms with Crippen LogP contribution >= 0.6 is 0 Å². The van der Waals surface area contributed by atoms with E-state index in [1.807, 2.05) is 13.8 Å². The molecule has 0 saturated carbocycles. The Hall–Kier alpha value is -1.08. The summed E-state index contributed by atoms with van der Waals surface area (Å²) in [5.41, 5.74) is 5.81. The molecule has 21 heavy (non-hydrogen) atoms. The minimum Gasteiger partial charge on any atom is -0.381 e. The van der Waals surface area contributed by atoms with Gasteiger partial charge >= 0.3 is 0 Å². The summed E-state index contributed by atoms with van der Waals surface area (Å²) < 4.78 is 28.6. The highest BCUT2D eigenvalue weighted by molar-refractivity contribution is 7.89. The van der Waals surface area contributed by atoms with Gasteiger partial charge in [0.25, 0.3) is 0 Å². The van der Waals surface area contributed by atoms with Gasteiger partial charge in [-0.3, -0.25) is 4.68 Å². The fourth-order valence-electron chi connectivity index (χ4n) is 2.33. The Bertz CT molecular complexity index is 535. The van der Waals surface area contributed by atoms with Gasteiger partial charge in [0, 0.05) is 25.8 Å². The van der Waals surface area contributed by atoms with Gasteiger partial charge < -0.3 is 5.73 Å². The number of rotatable bonds is 9. The van der Waals surface area contributed by atoms with Gasteiger partial charge in [-0.25, -0.2) is 8.42 Å². The highest BCUT2D eigenvalue weighted by Gasteiger charge is 2.29. The summed E-state index contributed by atoms with van der Waals surface area (Å²) in [6.07, 6.45) is 4.36. The molecule has 1 aromatic rings. The second kappa shape index (κ2) is 7.79. The highest BCUT2D eigenvalue weighted by atomic mass is 32.2. The van der Waals surface area contributed by atoms with Crippen molar-refractivity contribution in [3.63, 3.8) is 0 Å². The molecule has 1 rings (SSSR count). The maximum absolute atomic E-state index is 12.8. The zero-order chi connectivity index (χ0) is 16.0. The molecule has 1 heterocycles. The number of anilines is 1. The highest BCUT2D eigenvalue weighted by Crippen LogP contribution is 2.23. The van der Waals surface area contributed by atoms with Crippen molar-refractivity contribution in [1.29, 1.82) is 0 Å². The van der Waals surface area contributed by atoms with Crippen molar-refractivity contribution in [2.24, 2.45) is 5.92 Å². The Morgan fingerprint density at radius 1 is 1.29 bits per heavy atom. The average molecular weight is 316 g/mol. The number of nitrogen functional groups attached to an aromatic ring is 1. The molecule has 0 spiro atoms. The number of sulfonamides is 1. The largest absolute Gasteiger partial charge is 0.381 e. The van der Waals surface area contributed by atoms with Gasteiger partial charge in [0.1, 0.15) is 4.90 Å². The van der Waals surface area contributed by atoms with Crippen LogP contribution in [0.25, 0.3) is 0 Å². The second-order valence-corrected chi connectivity index (χ2v) is 7.19. The topological polar surface area (TPSA) is 81.2 Å². The standard InChI is InChI=1S/C14H28N4O2S/c1-5-9-17-11-13(14(15)16-17)21(19,20)18(8-4)10-12(6-2)7-3/h11-12H,5-10H2,1-4H3,(H2,15,16). The van der Waals surface area contributed by atoms with E-state index >= 15 is 0 Å². The van der Waals surface area contributed by atoms with Crippen LogP contribution in [-0.4, -0.2) is 35.6 Å². The lowest BCUT2D eigenvalue weighted by Crippen LogP contribution is -2.35. The number of nitrogens with zero attached hydrogens (tertiary/aromatic N) is 3. The van der Waals surface area contributed by atoms with Crippen molar-refractivity contribution < 1.29 is 8.42 Å². The van der Waals surface area contributed by atoms with E-state index in [0.717, 1.165) is 19.3 Å². The zero-order valence-electron chi connectivity index (χ0n) is 13.5. The van der Waals surface area contributed by atoms with Crippen LogP contribution in [0.1, 0.15) is 47.0 Å². The smallest absolute Gasteiger partial charge is 0.248 e. The van der Waals surface area contributed by atoms with Crippen LogP contribution < -0.4 is 5.73 Å². The molecule has 0 unspecified atom stereocenters. The van der Waals surface area contributed by atoms with E-state index in [-0.39, 0.29) is 10.7 Å². The van der Waals surface area contributed by atoms with Crippen molar-refractivity contribution in [2.75, 3.05) is 18.8 Å². The molecule has 0 aliphatic rings. The summed E-state index contributed by atoms with van der Waals surface area (Å²) in [6.45, 7) is 9.68. The molecule has 2 N–H and O–H groups in total. The molecule has 0 saturated heterocycles. The molecule has 0 amide bonds. The van der Waals surface area contributed by atoms with Gasteiger partial charge in [-0.05, 0) is 12.3 Å². The second-order valence-electron chi connectivity index (χ2n) is 5.28. The monoisotopic (exact) mass is 316 g/mol. The van der Waals surface area contributed by atoms with Gasteiger partial charge in [0.2, 0.25) is 10.0 Å². The first-order valence-corrected chi connectivity index (χ1v) is 9.17. The molecular formula is C14H28N4O2S. The minimum absolute atomic E-state index is 0.0893. The van der Waals surface area contributed by atoms with Crippen molar-refractivity contribution in [1.82, 2.24) is 14.1 Å². The van der Waals surface area contributed by atoms with Gasteiger partial charge in [-0.2, -0.15) is 9.40 Å². The molecule has 0 radical (unpaired) electrons. The maximum Gasteiger partial charge on any atom is 0.248 e. The number of hydrogen-bond donors (Lipinski definition) is 1. The molecule has 7 heteroatoms. The first-order chi connectivity index (χ1) is 9.90. The maximum atomic E-state index is 12.8. The lowest BCUT2D eigenvalue weighted by molar-refractivity contribution is 0.339. The average Bonchev–Trinajstić information content (AvgIpc) is 2.82. The zero-order valence-corrected chi connectivity index (χ0v) is 14.4. The first-order valence-electron chi connectivity index (χ1n) is 7.73. The summed E-state index contributed by atoms with van der Waals surface area (Å²) in [5.74, 6) is 0.457. The quantitative estimate of drug-likeness (QED) is 0.758. The molecule has 0 aliphatic heterocycles. The molecule has 6 nitrogen and oxygen atoms in total. The third-order valence-corrected chi connectivity index (χ3v) is 5.75. The van der Waals surface area contributed by atoms with Crippen LogP contribution in [0.15, 0.2) is 11.1 Å². The van der Waals surface area contributed by atoms with Crippen LogP contribution in [0, 0.1) is 5.92 Å². The molecule has 122 valence electrons. The Labute approximate surface area is 128 Å². The predicted octanol–water partition coefficient (Wildman–Crippen LogP) is 2.32. The molecule has 0 atom stereocenters. The van der Waals surface area contributed by atoms with Gasteiger partial charge in [-0.15, -0.1) is 0 Å². The van der Waals surface area contributed by atoms with E-state index < -0.39 is 10.0 Å². The molecule has 0 fully saturated rings. The summed E-state index contributed by atoms with van der Waals surface area (Å²) >= 11 is 0. The molecule has 0 bridgehead atoms. The summed E-state index contributed by atoms with van der Waals surface area (Å²) in [4.78, 5) is 0.128. The van der Waals surface area contributed by atoms with E-state index in [2.05, 4.69) is 18.9 Å². The van der Waals surface area contributed by atoms with E-state index in [1.54, 1.807) is 10.9 Å². The van der Waals surface area contributed by atoms with Crippen LogP contribution in [0.2, 0.25) is 0 Å². The number of aryl methyl sites for hydroxylation is 1. The number of hydrogen-bond acceptors (Lipinski definition) is 4. The summed E-state index contributed by atoms with van der Waals surface area (Å²) in [6, 6.07) is 0. The number of aromatic nitrogens is 2. The third kappa shape index (κ3) is 4.20. The summed E-state index contributed by atoms with van der Waals surface area (Å²) in [5, 5.41) is 4.09. The van der Waals surface area contributed by atoms with Gasteiger partial charge in [0.05, 0.1) is 0 Å². The van der Waals surface area contributed by atoms with E-state index in [9.17, 15) is 8.42 Å². The predicted molar refractivity (Wildman–Crippen MR) is 85.4 cm³/mol.